The van der Waals surface area contributed by atoms with Gasteiger partial charge in [-0.25, -0.2) is 0 Å². The van der Waals surface area contributed by atoms with Crippen molar-refractivity contribution in [1.82, 2.24) is 0 Å². The number of ketones is 1. The van der Waals surface area contributed by atoms with E-state index >= 15 is 0 Å². The van der Waals surface area contributed by atoms with E-state index in [1.165, 1.54) is 33.4 Å². The molecule has 0 saturated heterocycles. The zero-order chi connectivity index (χ0) is 22.8. The molecule has 0 aromatic heterocycles. The molecule has 0 heterocycles. The van der Waals surface area contributed by atoms with Crippen LogP contribution in [-0.2, 0) is 0 Å². The van der Waals surface area contributed by atoms with E-state index in [4.69, 9.17) is 0 Å². The average Bonchev–Trinajstić information content (AvgIpc) is 2.77. The van der Waals surface area contributed by atoms with Gasteiger partial charge in [0.05, 0.1) is 11.1 Å². The van der Waals surface area contributed by atoms with Crippen molar-refractivity contribution in [2.45, 2.75) is 47.5 Å². The van der Waals surface area contributed by atoms with E-state index < -0.39 is 7.25 Å². The summed E-state index contributed by atoms with van der Waals surface area (Å²) in [6, 6.07) is 9.10. The van der Waals surface area contributed by atoms with Gasteiger partial charge in [-0.15, -0.1) is 0 Å². The molecule has 3 aliphatic carbocycles. The lowest BCUT2D eigenvalue weighted by atomic mass is 9.94. The zero-order valence-electron chi connectivity index (χ0n) is 18.2. The Kier molecular flexibility index (Phi) is 7.12. The Balaban J connectivity index is 0.000000575. The molecular weight excluding hydrogens is 391 g/mol. The van der Waals surface area contributed by atoms with Crippen LogP contribution in [0.1, 0.15) is 55.9 Å². The molecule has 0 amide bonds. The molecule has 6 heteroatoms. The zero-order valence-corrected chi connectivity index (χ0v) is 18.2. The molecule has 160 valence electrons. The number of rotatable bonds is 2. The summed E-state index contributed by atoms with van der Waals surface area (Å²) in [7, 11) is -6.00. The highest BCUT2D eigenvalue weighted by Crippen LogP contribution is 2.37. The summed E-state index contributed by atoms with van der Waals surface area (Å²) in [4.78, 5) is 10.0. The lowest BCUT2D eigenvalue weighted by Crippen LogP contribution is -2.06. The van der Waals surface area contributed by atoms with Gasteiger partial charge in [-0.2, -0.15) is 0 Å². The van der Waals surface area contributed by atoms with Gasteiger partial charge in [0.25, 0.3) is 0 Å². The summed E-state index contributed by atoms with van der Waals surface area (Å²) in [5, 5.41) is 0. The highest BCUT2D eigenvalue weighted by Gasteiger charge is 2.21. The Morgan fingerprint density at radius 2 is 1.40 bits per heavy atom. The van der Waals surface area contributed by atoms with Crippen molar-refractivity contribution in [2.24, 2.45) is 0 Å². The maximum Gasteiger partial charge on any atom is 0.673 e. The summed E-state index contributed by atoms with van der Waals surface area (Å²) in [6.07, 6.45) is 6.33. The van der Waals surface area contributed by atoms with Crippen LogP contribution in [0.5, 0.6) is 0 Å². The molecule has 0 aliphatic heterocycles. The van der Waals surface area contributed by atoms with E-state index in [1.807, 2.05) is 26.0 Å². The Labute approximate surface area is 175 Å². The molecule has 0 unspecified atom stereocenters. The van der Waals surface area contributed by atoms with E-state index in [2.05, 4.69) is 58.0 Å². The van der Waals surface area contributed by atoms with Gasteiger partial charge in [0, 0.05) is 0 Å². The van der Waals surface area contributed by atoms with Crippen LogP contribution >= 0.6 is 0 Å². The SMILES string of the molecule is CC1=CC(=Cc2cc(C)c3cc(C(C)C)ccc(C)c2-3)C=C(C)C1=[OH+].F[B-](F)(F)F. The predicted octanol–water partition coefficient (Wildman–Crippen LogP) is 7.67. The molecule has 3 rings (SSSR count). The Bertz CT molecular complexity index is 996. The van der Waals surface area contributed by atoms with E-state index in [0.717, 1.165) is 16.7 Å². The third-order valence-electron chi connectivity index (χ3n) is 5.09. The first kappa shape index (κ1) is 23.7. The van der Waals surface area contributed by atoms with Crippen molar-refractivity contribution in [1.29, 1.82) is 0 Å². The summed E-state index contributed by atoms with van der Waals surface area (Å²) in [6.45, 7) is 12.8. The van der Waals surface area contributed by atoms with Crippen molar-refractivity contribution in [3.05, 3.63) is 75.4 Å². The van der Waals surface area contributed by atoms with E-state index in [1.54, 1.807) is 0 Å². The van der Waals surface area contributed by atoms with Crippen molar-refractivity contribution in [3.63, 3.8) is 0 Å². The molecule has 0 bridgehead atoms. The highest BCUT2D eigenvalue weighted by atomic mass is 19.5. The van der Waals surface area contributed by atoms with E-state index in [0.29, 0.717) is 11.7 Å². The first-order valence-corrected chi connectivity index (χ1v) is 9.84. The van der Waals surface area contributed by atoms with Gasteiger partial charge in [-0.1, -0.05) is 38.1 Å². The lowest BCUT2D eigenvalue weighted by Gasteiger charge is -2.07. The number of carbonyl (C=O) groups excluding carboxylic acids is 1. The van der Waals surface area contributed by atoms with Crippen LogP contribution in [0.3, 0.4) is 0 Å². The summed E-state index contributed by atoms with van der Waals surface area (Å²) in [5.41, 5.74) is 10.9. The van der Waals surface area contributed by atoms with Crippen LogP contribution < -0.4 is 0 Å². The minimum atomic E-state index is -6.00. The normalized spacial score (nSPS) is 14.4. The van der Waals surface area contributed by atoms with Gasteiger partial charge in [-0.05, 0) is 90.8 Å². The first-order chi connectivity index (χ1) is 13.8. The van der Waals surface area contributed by atoms with Crippen molar-refractivity contribution < 1.29 is 22.1 Å². The van der Waals surface area contributed by atoms with Gasteiger partial charge < -0.3 is 17.3 Å². The molecule has 0 radical (unpaired) electrons. The highest BCUT2D eigenvalue weighted by molar-refractivity contribution is 6.50. The van der Waals surface area contributed by atoms with Crippen LogP contribution in [0.25, 0.3) is 17.2 Å². The van der Waals surface area contributed by atoms with Crippen molar-refractivity contribution in [3.8, 4) is 11.1 Å². The van der Waals surface area contributed by atoms with E-state index in [-0.39, 0.29) is 0 Å². The number of hydrogen-bond acceptors (Lipinski definition) is 0. The van der Waals surface area contributed by atoms with Crippen LogP contribution in [0.2, 0.25) is 0 Å². The largest absolute Gasteiger partial charge is 0.673 e. The third kappa shape index (κ3) is 5.94. The molecule has 0 spiro atoms. The molecule has 0 aromatic rings. The molecule has 0 fully saturated rings. The smallest absolute Gasteiger partial charge is 0.418 e. The Hall–Kier alpha value is -2.63. The fourth-order valence-electron chi connectivity index (χ4n) is 3.61. The van der Waals surface area contributed by atoms with Crippen LogP contribution in [0.15, 0.2) is 53.1 Å². The molecular formula is C24H27BF4O. The topological polar surface area (TPSA) is 21.4 Å². The Morgan fingerprint density at radius 1 is 0.867 bits per heavy atom. The van der Waals surface area contributed by atoms with Gasteiger partial charge in [0.1, 0.15) is 0 Å². The second-order valence-corrected chi connectivity index (χ2v) is 8.03. The summed E-state index contributed by atoms with van der Waals surface area (Å²) < 4.78 is 39.0. The average molecular weight is 418 g/mol. The minimum Gasteiger partial charge on any atom is -0.418 e. The lowest BCUT2D eigenvalue weighted by molar-refractivity contribution is 0.368. The maximum absolute atomic E-state index is 10.0. The fraction of sp³-hybridized carbons (Fsp3) is 0.292. The third-order valence-corrected chi connectivity index (χ3v) is 5.09. The van der Waals surface area contributed by atoms with E-state index in [9.17, 15) is 22.1 Å². The predicted molar refractivity (Wildman–Crippen MR) is 119 cm³/mol. The second-order valence-electron chi connectivity index (χ2n) is 8.03. The van der Waals surface area contributed by atoms with Crippen LogP contribution in [-0.4, -0.2) is 17.8 Å². The van der Waals surface area contributed by atoms with Crippen molar-refractivity contribution >= 4 is 19.1 Å². The quantitative estimate of drug-likeness (QED) is 0.271. The van der Waals surface area contributed by atoms with Crippen molar-refractivity contribution in [2.75, 3.05) is 0 Å². The number of allylic oxidation sites excluding steroid dienone is 5. The summed E-state index contributed by atoms with van der Waals surface area (Å²) >= 11 is 0. The van der Waals surface area contributed by atoms with Gasteiger partial charge in [0.15, 0.2) is 0 Å². The van der Waals surface area contributed by atoms with Gasteiger partial charge in [0.2, 0.25) is 0 Å². The standard InChI is InChI=1S/C24H26O.BF4/c1-14(2)20-8-7-15(3)23-21(11-16(4)22(23)13-20)12-19-9-17(5)24(25)18(6)10-19;2-1(3,4)5/h7-14H,1-6H3;/q;-1/p+1. The molecule has 3 aliphatic rings. The van der Waals surface area contributed by atoms with Gasteiger partial charge in [-0.3, -0.25) is 4.79 Å². The number of fused-ring (bicyclic) bond motifs is 1. The molecule has 1 N–H and O–H groups in total. The first-order valence-electron chi connectivity index (χ1n) is 9.84. The number of aryl methyl sites for hydroxylation is 2. The molecule has 0 atom stereocenters. The minimum absolute atomic E-state index is 0.393. The van der Waals surface area contributed by atoms with Crippen LogP contribution in [0.4, 0.5) is 17.3 Å². The molecule has 30 heavy (non-hydrogen) atoms. The van der Waals surface area contributed by atoms with Gasteiger partial charge >= 0.3 is 13.0 Å². The molecule has 0 saturated carbocycles. The fourth-order valence-corrected chi connectivity index (χ4v) is 3.61. The summed E-state index contributed by atoms with van der Waals surface area (Å²) in [5.74, 6) is 0.906. The number of halogens is 4. The molecule has 1 nitrogen and oxygen atoms in total. The Morgan fingerprint density at radius 3 is 1.90 bits per heavy atom. The van der Waals surface area contributed by atoms with Crippen LogP contribution in [0, 0.1) is 13.8 Å². The maximum atomic E-state index is 10.0. The monoisotopic (exact) mass is 418 g/mol. The molecule has 0 aromatic carbocycles. The number of hydrogen-bond donors (Lipinski definition) is 0. The second kappa shape index (κ2) is 9.03.